The lowest BCUT2D eigenvalue weighted by molar-refractivity contribution is -0.164. The number of anilines is 1. The summed E-state index contributed by atoms with van der Waals surface area (Å²) in [5, 5.41) is 15.0. The largest absolute Gasteiger partial charge is 0.489 e. The number of hydrogen-bond donors (Lipinski definition) is 2. The van der Waals surface area contributed by atoms with E-state index in [0.717, 1.165) is 55.2 Å². The van der Waals surface area contributed by atoms with Gasteiger partial charge in [0.15, 0.2) is 0 Å². The Hall–Kier alpha value is -5.69. The van der Waals surface area contributed by atoms with Crippen molar-refractivity contribution in [3.05, 3.63) is 93.5 Å². The van der Waals surface area contributed by atoms with Gasteiger partial charge < -0.3 is 15.0 Å². The van der Waals surface area contributed by atoms with Crippen LogP contribution < -0.4 is 20.3 Å². The number of fused-ring (bicyclic) bond motifs is 1. The molecule has 3 aromatic rings. The molecule has 1 atom stereocenters. The minimum absolute atomic E-state index is 0.0861. The summed E-state index contributed by atoms with van der Waals surface area (Å²) in [6, 6.07) is 19.1. The minimum atomic E-state index is -0.979. The van der Waals surface area contributed by atoms with Crippen molar-refractivity contribution < 1.29 is 28.7 Å². The van der Waals surface area contributed by atoms with Crippen LogP contribution in [0.4, 0.5) is 5.69 Å². The van der Waals surface area contributed by atoms with Crippen LogP contribution in [-0.4, -0.2) is 89.7 Å². The van der Waals surface area contributed by atoms with Crippen LogP contribution in [0.1, 0.15) is 95.6 Å². The standard InChI is InChI=1S/C45H45ClN6O6/c1-44(2)42(45(3,4)43(44)58-32-13-11-29(23-47)35(46)22-32)49-38(54)28-9-7-26(8-10-28)5-6-27-24-51(25-27)30-17-19-50(20-18-30)31-12-14-33-34(21-31)41(57)52(40(33)56)36-15-16-37(53)48-39(36)55/h7-14,21-22,27,30,36,42-43H,15-20,24-25H2,1-4H3,(H,49,54)(H,48,53,55)/t36?,42-,43-. The molecule has 8 rings (SSSR count). The summed E-state index contributed by atoms with van der Waals surface area (Å²) < 4.78 is 6.36. The molecular weight excluding hydrogens is 756 g/mol. The van der Waals surface area contributed by atoms with Crippen LogP contribution in [0.2, 0.25) is 5.02 Å². The van der Waals surface area contributed by atoms with Crippen molar-refractivity contribution >= 4 is 46.8 Å². The molecule has 5 aliphatic rings. The van der Waals surface area contributed by atoms with Gasteiger partial charge in [-0.3, -0.25) is 39.1 Å². The van der Waals surface area contributed by atoms with Crippen molar-refractivity contribution in [1.29, 1.82) is 5.26 Å². The van der Waals surface area contributed by atoms with Crippen LogP contribution in [0.15, 0.2) is 60.7 Å². The predicted octanol–water partition coefficient (Wildman–Crippen LogP) is 5.18. The molecule has 1 aliphatic carbocycles. The second-order valence-electron chi connectivity index (χ2n) is 17.2. The maximum Gasteiger partial charge on any atom is 0.262 e. The van der Waals surface area contributed by atoms with Gasteiger partial charge in [-0.25, -0.2) is 0 Å². The van der Waals surface area contributed by atoms with Crippen molar-refractivity contribution in [3.63, 3.8) is 0 Å². The van der Waals surface area contributed by atoms with Crippen molar-refractivity contribution in [2.75, 3.05) is 31.1 Å². The summed E-state index contributed by atoms with van der Waals surface area (Å²) in [6.07, 6.45) is 1.95. The number of halogens is 1. The highest BCUT2D eigenvalue weighted by Gasteiger charge is 2.64. The summed E-state index contributed by atoms with van der Waals surface area (Å²) in [5.74, 6) is 5.42. The Balaban J connectivity index is 0.798. The monoisotopic (exact) mass is 800 g/mol. The van der Waals surface area contributed by atoms with E-state index in [4.69, 9.17) is 16.3 Å². The van der Waals surface area contributed by atoms with Gasteiger partial charge >= 0.3 is 0 Å². The van der Waals surface area contributed by atoms with E-state index in [-0.39, 0.29) is 53.2 Å². The zero-order chi connectivity index (χ0) is 41.1. The number of carbonyl (C=O) groups excluding carboxylic acids is 5. The van der Waals surface area contributed by atoms with Crippen LogP contribution in [0, 0.1) is 39.9 Å². The second-order valence-corrected chi connectivity index (χ2v) is 17.6. The first-order chi connectivity index (χ1) is 27.6. The van der Waals surface area contributed by atoms with Gasteiger partial charge in [-0.15, -0.1) is 0 Å². The highest BCUT2D eigenvalue weighted by atomic mass is 35.5. The number of nitrogens with one attached hydrogen (secondary N) is 2. The molecule has 1 unspecified atom stereocenters. The first kappa shape index (κ1) is 39.2. The van der Waals surface area contributed by atoms with E-state index >= 15 is 0 Å². The fourth-order valence-corrected chi connectivity index (χ4v) is 9.96. The molecule has 0 bridgehead atoms. The molecule has 5 amide bonds. The van der Waals surface area contributed by atoms with Crippen molar-refractivity contribution in [1.82, 2.24) is 20.4 Å². The molecule has 0 aromatic heterocycles. The molecule has 1 saturated carbocycles. The molecule has 0 radical (unpaired) electrons. The number of amides is 5. The van der Waals surface area contributed by atoms with Crippen LogP contribution in [0.3, 0.4) is 0 Å². The Kier molecular flexibility index (Phi) is 10.1. The Morgan fingerprint density at radius 3 is 2.24 bits per heavy atom. The first-order valence-corrected chi connectivity index (χ1v) is 20.2. The molecule has 4 heterocycles. The SMILES string of the molecule is CC1(C)[C@H](NC(=O)c2ccc(C#CC3CN(C4CCN(c5ccc6c(c5)C(=O)N(C5CCC(=O)NC5=O)C6=O)CC4)C3)cc2)C(C)(C)[C@H]1Oc1ccc(C#N)c(Cl)c1. The number of nitrogens with zero attached hydrogens (tertiary/aromatic N) is 4. The molecule has 4 fully saturated rings. The van der Waals surface area contributed by atoms with E-state index in [1.807, 2.05) is 30.3 Å². The van der Waals surface area contributed by atoms with Gasteiger partial charge in [0.2, 0.25) is 11.8 Å². The van der Waals surface area contributed by atoms with E-state index < -0.39 is 29.7 Å². The Morgan fingerprint density at radius 2 is 1.59 bits per heavy atom. The molecular formula is C45H45ClN6O6. The highest BCUT2D eigenvalue weighted by Crippen LogP contribution is 2.55. The maximum atomic E-state index is 13.4. The minimum Gasteiger partial charge on any atom is -0.489 e. The predicted molar refractivity (Wildman–Crippen MR) is 216 cm³/mol. The van der Waals surface area contributed by atoms with E-state index in [1.54, 1.807) is 30.3 Å². The number of likely N-dealkylation sites (tertiary alicyclic amines) is 1. The van der Waals surface area contributed by atoms with E-state index in [1.165, 1.54) is 0 Å². The van der Waals surface area contributed by atoms with Crippen LogP contribution in [-0.2, 0) is 9.59 Å². The van der Waals surface area contributed by atoms with E-state index in [9.17, 15) is 29.2 Å². The second kappa shape index (κ2) is 14.9. The quantitative estimate of drug-likeness (QED) is 0.244. The topological polar surface area (TPSA) is 152 Å². The normalized spacial score (nSPS) is 24.1. The summed E-state index contributed by atoms with van der Waals surface area (Å²) in [7, 11) is 0. The van der Waals surface area contributed by atoms with Gasteiger partial charge in [0, 0.05) is 84.3 Å². The fourth-order valence-electron chi connectivity index (χ4n) is 9.75. The molecule has 3 aromatic carbocycles. The van der Waals surface area contributed by atoms with Gasteiger partial charge in [-0.2, -0.15) is 5.26 Å². The molecule has 4 aliphatic heterocycles. The Labute approximate surface area is 342 Å². The van der Waals surface area contributed by atoms with Crippen molar-refractivity contribution in [2.45, 2.75) is 77.6 Å². The summed E-state index contributed by atoms with van der Waals surface area (Å²) in [5.41, 5.74) is 2.55. The van der Waals surface area contributed by atoms with Crippen LogP contribution >= 0.6 is 11.6 Å². The number of nitriles is 1. The summed E-state index contributed by atoms with van der Waals surface area (Å²) >= 11 is 6.24. The third-order valence-corrected chi connectivity index (χ3v) is 13.0. The molecule has 0 spiro atoms. The van der Waals surface area contributed by atoms with Gasteiger partial charge in [0.1, 0.15) is 24.0 Å². The summed E-state index contributed by atoms with van der Waals surface area (Å²) in [4.78, 5) is 69.5. The number of hydrogen-bond acceptors (Lipinski definition) is 9. The summed E-state index contributed by atoms with van der Waals surface area (Å²) in [6.45, 7) is 11.7. The third kappa shape index (κ3) is 6.99. The number of rotatable bonds is 7. The number of carbonyl (C=O) groups is 5. The average Bonchev–Trinajstić information content (AvgIpc) is 3.43. The van der Waals surface area contributed by atoms with Crippen molar-refractivity contribution in [2.24, 2.45) is 16.7 Å². The van der Waals surface area contributed by atoms with Crippen molar-refractivity contribution in [3.8, 4) is 23.7 Å². The molecule has 3 saturated heterocycles. The average molecular weight is 801 g/mol. The first-order valence-electron chi connectivity index (χ1n) is 19.8. The highest BCUT2D eigenvalue weighted by molar-refractivity contribution is 6.31. The number of piperidine rings is 2. The van der Waals surface area contributed by atoms with E-state index in [0.29, 0.717) is 33.5 Å². The van der Waals surface area contributed by atoms with Crippen LogP contribution in [0.5, 0.6) is 5.75 Å². The lowest BCUT2D eigenvalue weighted by Crippen LogP contribution is -2.74. The van der Waals surface area contributed by atoms with Gasteiger partial charge in [-0.1, -0.05) is 51.1 Å². The van der Waals surface area contributed by atoms with E-state index in [2.05, 4.69) is 66.0 Å². The smallest absolute Gasteiger partial charge is 0.262 e. The molecule has 13 heteroatoms. The molecule has 298 valence electrons. The molecule has 2 N–H and O–H groups in total. The van der Waals surface area contributed by atoms with Crippen LogP contribution in [0.25, 0.3) is 0 Å². The van der Waals surface area contributed by atoms with Gasteiger partial charge in [0.25, 0.3) is 17.7 Å². The Morgan fingerprint density at radius 1 is 0.897 bits per heavy atom. The van der Waals surface area contributed by atoms with Gasteiger partial charge in [0.05, 0.1) is 21.7 Å². The lowest BCUT2D eigenvalue weighted by atomic mass is 9.49. The van der Waals surface area contributed by atoms with Gasteiger partial charge in [-0.05, 0) is 73.9 Å². The third-order valence-electron chi connectivity index (χ3n) is 12.7. The Bertz CT molecular complexity index is 2310. The number of imide groups is 2. The zero-order valence-corrected chi connectivity index (χ0v) is 33.7. The fraction of sp³-hybridized carbons (Fsp3) is 0.422. The number of benzene rings is 3. The molecule has 12 nitrogen and oxygen atoms in total. The lowest BCUT2D eigenvalue weighted by Gasteiger charge is -2.63. The zero-order valence-electron chi connectivity index (χ0n) is 32.9. The number of ether oxygens (including phenoxy) is 1. The molecule has 58 heavy (non-hydrogen) atoms. The maximum absolute atomic E-state index is 13.4.